The number of halogens is 1. The zero-order valence-electron chi connectivity index (χ0n) is 23.5. The zero-order chi connectivity index (χ0) is 28.1. The summed E-state index contributed by atoms with van der Waals surface area (Å²) in [5.74, 6) is 1.32. The van der Waals surface area contributed by atoms with E-state index < -0.39 is 15.8 Å². The first kappa shape index (κ1) is 27.6. The van der Waals surface area contributed by atoms with Gasteiger partial charge in [-0.25, -0.2) is 19.4 Å². The van der Waals surface area contributed by atoms with Crippen LogP contribution in [0.4, 0.5) is 27.5 Å². The molecule has 5 aromatic rings. The van der Waals surface area contributed by atoms with Crippen molar-refractivity contribution in [2.75, 3.05) is 41.3 Å². The Balaban J connectivity index is 1.39. The van der Waals surface area contributed by atoms with E-state index in [1.165, 1.54) is 18.4 Å². The van der Waals surface area contributed by atoms with Crippen LogP contribution < -0.4 is 10.2 Å². The van der Waals surface area contributed by atoms with Crippen molar-refractivity contribution in [2.45, 2.75) is 26.3 Å². The lowest BCUT2D eigenvalue weighted by atomic mass is 10.1. The molecule has 0 aliphatic heterocycles. The van der Waals surface area contributed by atoms with Gasteiger partial charge in [0.05, 0.1) is 23.6 Å². The first-order chi connectivity index (χ1) is 19.3. The topological polar surface area (TPSA) is 71.8 Å². The average molecular weight is 558 g/mol. The van der Waals surface area contributed by atoms with E-state index >= 15 is 4.39 Å². The Kier molecular flexibility index (Phi) is 8.30. The summed E-state index contributed by atoms with van der Waals surface area (Å²) in [6.07, 6.45) is 16.0. The summed E-state index contributed by atoms with van der Waals surface area (Å²) < 4.78 is 17.3. The van der Waals surface area contributed by atoms with Crippen LogP contribution in [0.25, 0.3) is 22.0 Å². The summed E-state index contributed by atoms with van der Waals surface area (Å²) in [4.78, 5) is 14.9. The molecule has 0 saturated heterocycles. The van der Waals surface area contributed by atoms with Gasteiger partial charge in [-0.1, -0.05) is 24.3 Å². The molecule has 1 N–H and O–H groups in total. The van der Waals surface area contributed by atoms with Gasteiger partial charge in [0.15, 0.2) is 11.6 Å². The summed E-state index contributed by atoms with van der Waals surface area (Å²) in [6.45, 7) is 3.38. The van der Waals surface area contributed by atoms with Crippen molar-refractivity contribution < 1.29 is 4.39 Å². The zero-order valence-corrected chi connectivity index (χ0v) is 24.3. The summed E-state index contributed by atoms with van der Waals surface area (Å²) >= 11 is 0. The molecule has 0 aliphatic carbocycles. The van der Waals surface area contributed by atoms with Gasteiger partial charge < -0.3 is 10.2 Å². The SMILES string of the molecule is CCN(c1nc(Nc2cccc(-c3cccnc3)c2)ncc1F)c1cccc2c1cnn2CCCCS(C)(C)C. The summed E-state index contributed by atoms with van der Waals surface area (Å²) in [5.41, 5.74) is 4.73. The summed E-state index contributed by atoms with van der Waals surface area (Å²) in [7, 11) is -0.494. The number of fused-ring (bicyclic) bond motifs is 1. The minimum Gasteiger partial charge on any atom is -0.324 e. The molecule has 0 bridgehead atoms. The molecule has 40 heavy (non-hydrogen) atoms. The summed E-state index contributed by atoms with van der Waals surface area (Å²) in [6, 6.07) is 17.9. The molecule has 3 heterocycles. The van der Waals surface area contributed by atoms with Crippen LogP contribution in [0.2, 0.25) is 0 Å². The average Bonchev–Trinajstić information content (AvgIpc) is 3.37. The second kappa shape index (κ2) is 12.0. The Morgan fingerprint density at radius 2 is 1.77 bits per heavy atom. The highest BCUT2D eigenvalue weighted by Gasteiger charge is 2.19. The fourth-order valence-electron chi connectivity index (χ4n) is 4.78. The number of hydrogen-bond donors (Lipinski definition) is 1. The molecular weight excluding hydrogens is 521 g/mol. The van der Waals surface area contributed by atoms with E-state index in [9.17, 15) is 0 Å². The van der Waals surface area contributed by atoms with Gasteiger partial charge in [0.1, 0.15) is 0 Å². The number of pyridine rings is 1. The molecule has 9 heteroatoms. The fraction of sp³-hybridized carbons (Fsp3) is 0.290. The van der Waals surface area contributed by atoms with E-state index in [-0.39, 0.29) is 5.82 Å². The van der Waals surface area contributed by atoms with E-state index in [4.69, 9.17) is 0 Å². The highest BCUT2D eigenvalue weighted by molar-refractivity contribution is 8.32. The van der Waals surface area contributed by atoms with Gasteiger partial charge in [0.2, 0.25) is 5.95 Å². The maximum Gasteiger partial charge on any atom is 0.229 e. The lowest BCUT2D eigenvalue weighted by Crippen LogP contribution is -2.20. The first-order valence-electron chi connectivity index (χ1n) is 13.5. The molecule has 0 aliphatic rings. The molecule has 0 saturated carbocycles. The highest BCUT2D eigenvalue weighted by Crippen LogP contribution is 2.36. The second-order valence-corrected chi connectivity index (χ2v) is 15.2. The van der Waals surface area contributed by atoms with Gasteiger partial charge in [-0.15, -0.1) is 0 Å². The molecule has 0 spiro atoms. The number of rotatable bonds is 11. The van der Waals surface area contributed by atoms with Gasteiger partial charge in [0.25, 0.3) is 0 Å². The third kappa shape index (κ3) is 6.42. The highest BCUT2D eigenvalue weighted by atomic mass is 32.3. The van der Waals surface area contributed by atoms with Crippen molar-refractivity contribution in [3.05, 3.63) is 85.2 Å². The Bertz CT molecular complexity index is 1580. The van der Waals surface area contributed by atoms with Crippen molar-refractivity contribution in [1.82, 2.24) is 24.7 Å². The maximum absolute atomic E-state index is 15.2. The van der Waals surface area contributed by atoms with Crippen LogP contribution in [0.5, 0.6) is 0 Å². The molecule has 0 unspecified atom stereocenters. The van der Waals surface area contributed by atoms with Crippen molar-refractivity contribution in [3.8, 4) is 11.1 Å². The van der Waals surface area contributed by atoms with Gasteiger partial charge in [-0.3, -0.25) is 9.67 Å². The van der Waals surface area contributed by atoms with Gasteiger partial charge >= 0.3 is 0 Å². The quantitative estimate of drug-likeness (QED) is 0.171. The lowest BCUT2D eigenvalue weighted by Gasteiger charge is -2.24. The lowest BCUT2D eigenvalue weighted by molar-refractivity contribution is 0.590. The number of benzene rings is 2. The molecule has 0 amide bonds. The first-order valence-corrected chi connectivity index (χ1v) is 16.5. The number of aryl methyl sites for hydroxylation is 1. The molecule has 0 radical (unpaired) electrons. The van der Waals surface area contributed by atoms with E-state index in [1.807, 2.05) is 72.7 Å². The Morgan fingerprint density at radius 3 is 2.55 bits per heavy atom. The van der Waals surface area contributed by atoms with E-state index in [1.54, 1.807) is 6.20 Å². The van der Waals surface area contributed by atoms with Crippen molar-refractivity contribution in [1.29, 1.82) is 0 Å². The van der Waals surface area contributed by atoms with Crippen molar-refractivity contribution in [3.63, 3.8) is 0 Å². The number of anilines is 4. The number of aromatic nitrogens is 5. The van der Waals surface area contributed by atoms with Crippen LogP contribution in [0.15, 0.2) is 79.4 Å². The summed E-state index contributed by atoms with van der Waals surface area (Å²) in [5, 5.41) is 8.90. The predicted octanol–water partition coefficient (Wildman–Crippen LogP) is 7.40. The van der Waals surface area contributed by atoms with E-state index in [0.29, 0.717) is 12.5 Å². The number of nitrogens with zero attached hydrogens (tertiary/aromatic N) is 6. The van der Waals surface area contributed by atoms with Crippen LogP contribution in [-0.4, -0.2) is 55.8 Å². The molecular formula is C31H36FN7S. The van der Waals surface area contributed by atoms with Crippen LogP contribution in [-0.2, 0) is 6.54 Å². The minimum absolute atomic E-state index is 0.219. The smallest absolute Gasteiger partial charge is 0.229 e. The predicted molar refractivity (Wildman–Crippen MR) is 167 cm³/mol. The van der Waals surface area contributed by atoms with Crippen LogP contribution in [0.3, 0.4) is 0 Å². The number of nitrogens with one attached hydrogen (secondary N) is 1. The van der Waals surface area contributed by atoms with Gasteiger partial charge in [-0.05, 0) is 80.2 Å². The second-order valence-electron chi connectivity index (χ2n) is 10.6. The van der Waals surface area contributed by atoms with Crippen LogP contribution in [0.1, 0.15) is 19.8 Å². The third-order valence-corrected chi connectivity index (χ3v) is 8.26. The molecule has 5 rings (SSSR count). The Hall–Kier alpha value is -3.98. The standard InChI is InChI=1S/C31H36FN7S/c1-5-38(28-14-9-15-29-26(28)21-35-39(29)17-6-7-18-40(2,3)4)30-27(32)22-34-31(37-30)36-25-13-8-11-23(19-25)24-12-10-16-33-20-24/h8-16,19-22H,5-7,17-18H2,1-4H3,(H,34,36,37). The van der Waals surface area contributed by atoms with Crippen molar-refractivity contribution in [2.24, 2.45) is 0 Å². The van der Waals surface area contributed by atoms with Crippen LogP contribution in [0, 0.1) is 5.82 Å². The van der Waals surface area contributed by atoms with E-state index in [0.717, 1.165) is 46.4 Å². The Labute approximate surface area is 236 Å². The van der Waals surface area contributed by atoms with Gasteiger partial charge in [-0.2, -0.15) is 10.1 Å². The van der Waals surface area contributed by atoms with Crippen LogP contribution >= 0.6 is 10.0 Å². The molecule has 2 aromatic carbocycles. The number of hydrogen-bond acceptors (Lipinski definition) is 6. The van der Waals surface area contributed by atoms with E-state index in [2.05, 4.69) is 54.9 Å². The molecule has 7 nitrogen and oxygen atoms in total. The third-order valence-electron chi connectivity index (χ3n) is 6.74. The largest absolute Gasteiger partial charge is 0.324 e. The van der Waals surface area contributed by atoms with Crippen molar-refractivity contribution >= 4 is 44.1 Å². The van der Waals surface area contributed by atoms with Gasteiger partial charge in [0, 0.05) is 42.1 Å². The maximum atomic E-state index is 15.2. The molecule has 3 aromatic heterocycles. The fourth-order valence-corrected chi connectivity index (χ4v) is 5.85. The molecule has 0 fully saturated rings. The minimum atomic E-state index is -0.494. The molecule has 208 valence electrons. The number of unbranched alkanes of at least 4 members (excludes halogenated alkanes) is 1. The Morgan fingerprint density at radius 1 is 0.950 bits per heavy atom. The monoisotopic (exact) mass is 557 g/mol. The normalized spacial score (nSPS) is 12.0. The molecule has 0 atom stereocenters.